The molecule has 0 spiro atoms. The Morgan fingerprint density at radius 2 is 1.90 bits per heavy atom. The largest absolute Gasteiger partial charge is 0.497 e. The Morgan fingerprint density at radius 1 is 1.10 bits per heavy atom. The highest BCUT2D eigenvalue weighted by Gasteiger charge is 2.08. The summed E-state index contributed by atoms with van der Waals surface area (Å²) in [5, 5.41) is 1.74. The number of aromatic nitrogens is 1. The molecule has 0 aliphatic rings. The van der Waals surface area contributed by atoms with Crippen LogP contribution in [0.1, 0.15) is 5.56 Å². The molecule has 0 saturated heterocycles. The smallest absolute Gasteiger partial charge is 0.123 e. The minimum Gasteiger partial charge on any atom is -0.497 e. The maximum absolute atomic E-state index is 6.24. The van der Waals surface area contributed by atoms with Crippen LogP contribution in [-0.4, -0.2) is 12.1 Å². The lowest BCUT2D eigenvalue weighted by Crippen LogP contribution is -1.95. The summed E-state index contributed by atoms with van der Waals surface area (Å²) in [6.07, 6.45) is 1.93. The van der Waals surface area contributed by atoms with Crippen molar-refractivity contribution in [1.29, 1.82) is 0 Å². The molecule has 3 nitrogen and oxygen atoms in total. The Hall–Kier alpha value is -2.13. The molecule has 2 aromatic carbocycles. The van der Waals surface area contributed by atoms with Crippen molar-refractivity contribution in [2.75, 3.05) is 7.11 Å². The first-order valence-corrected chi connectivity index (χ1v) is 6.67. The second-order valence-electron chi connectivity index (χ2n) is 4.44. The zero-order valence-corrected chi connectivity index (χ0v) is 11.8. The normalized spacial score (nSPS) is 10.7. The lowest BCUT2D eigenvalue weighted by atomic mass is 10.2. The number of hydrogen-bond donors (Lipinski definition) is 1. The number of nitrogens with one attached hydrogen (secondary N) is 1. The Kier molecular flexibility index (Phi) is 3.52. The first-order valence-electron chi connectivity index (χ1n) is 6.29. The quantitative estimate of drug-likeness (QED) is 0.771. The van der Waals surface area contributed by atoms with Crippen LogP contribution in [0.4, 0.5) is 0 Å². The summed E-state index contributed by atoms with van der Waals surface area (Å²) >= 11 is 6.24. The third kappa shape index (κ3) is 2.45. The van der Waals surface area contributed by atoms with Crippen molar-refractivity contribution >= 4 is 22.5 Å². The van der Waals surface area contributed by atoms with Crippen LogP contribution in [0.25, 0.3) is 10.9 Å². The van der Waals surface area contributed by atoms with Gasteiger partial charge in [-0.25, -0.2) is 0 Å². The number of aromatic amines is 1. The van der Waals surface area contributed by atoms with Gasteiger partial charge in [-0.1, -0.05) is 23.7 Å². The number of methoxy groups -OCH3 is 1. The number of benzene rings is 2. The van der Waals surface area contributed by atoms with Gasteiger partial charge in [0.1, 0.15) is 18.1 Å². The van der Waals surface area contributed by atoms with Crippen LogP contribution in [0.2, 0.25) is 5.02 Å². The van der Waals surface area contributed by atoms with E-state index in [9.17, 15) is 0 Å². The van der Waals surface area contributed by atoms with E-state index in [1.54, 1.807) is 7.11 Å². The van der Waals surface area contributed by atoms with Gasteiger partial charge in [-0.3, -0.25) is 0 Å². The van der Waals surface area contributed by atoms with Gasteiger partial charge in [0.15, 0.2) is 0 Å². The van der Waals surface area contributed by atoms with Gasteiger partial charge in [0.05, 0.1) is 12.1 Å². The maximum Gasteiger partial charge on any atom is 0.123 e. The molecule has 0 saturated carbocycles. The van der Waals surface area contributed by atoms with Crippen molar-refractivity contribution in [3.63, 3.8) is 0 Å². The molecular weight excluding hydrogens is 274 g/mol. The number of fused-ring (bicyclic) bond motifs is 1. The van der Waals surface area contributed by atoms with E-state index >= 15 is 0 Å². The predicted molar refractivity (Wildman–Crippen MR) is 80.6 cm³/mol. The molecule has 0 fully saturated rings. The summed E-state index contributed by atoms with van der Waals surface area (Å²) in [7, 11) is 1.64. The summed E-state index contributed by atoms with van der Waals surface area (Å²) in [4.78, 5) is 3.20. The first kappa shape index (κ1) is 12.9. The molecule has 1 N–H and O–H groups in total. The first-order chi connectivity index (χ1) is 9.78. The van der Waals surface area contributed by atoms with Gasteiger partial charge >= 0.3 is 0 Å². The molecule has 0 aliphatic carbocycles. The summed E-state index contributed by atoms with van der Waals surface area (Å²) in [6.45, 7) is 0.455. The highest BCUT2D eigenvalue weighted by atomic mass is 35.5. The van der Waals surface area contributed by atoms with Crippen LogP contribution in [0.15, 0.2) is 48.7 Å². The fraction of sp³-hybridized carbons (Fsp3) is 0.125. The SMILES string of the molecule is COc1cccc(OCc2c[nH]c3cccc(Cl)c23)c1. The van der Waals surface area contributed by atoms with Crippen molar-refractivity contribution in [2.45, 2.75) is 6.61 Å². The van der Waals surface area contributed by atoms with E-state index in [4.69, 9.17) is 21.1 Å². The van der Waals surface area contributed by atoms with Crippen LogP contribution in [-0.2, 0) is 6.61 Å². The standard InChI is InChI=1S/C16H14ClNO2/c1-19-12-4-2-5-13(8-12)20-10-11-9-18-15-7-3-6-14(17)16(11)15/h2-9,18H,10H2,1H3. The molecule has 0 unspecified atom stereocenters. The number of H-pyrrole nitrogens is 1. The van der Waals surface area contributed by atoms with Crippen LogP contribution in [0.3, 0.4) is 0 Å². The van der Waals surface area contributed by atoms with E-state index in [0.29, 0.717) is 6.61 Å². The second kappa shape index (κ2) is 5.47. The van der Waals surface area contributed by atoms with Crippen molar-refractivity contribution in [3.05, 3.63) is 59.2 Å². The van der Waals surface area contributed by atoms with E-state index in [-0.39, 0.29) is 0 Å². The predicted octanol–water partition coefficient (Wildman–Crippen LogP) is 4.41. The topological polar surface area (TPSA) is 34.2 Å². The molecule has 0 atom stereocenters. The van der Waals surface area contributed by atoms with Gasteiger partial charge in [0.25, 0.3) is 0 Å². The Balaban J connectivity index is 1.83. The molecule has 0 amide bonds. The number of halogens is 1. The van der Waals surface area contributed by atoms with E-state index in [1.165, 1.54) is 0 Å². The van der Waals surface area contributed by atoms with Crippen molar-refractivity contribution in [3.8, 4) is 11.5 Å². The molecule has 4 heteroatoms. The molecule has 20 heavy (non-hydrogen) atoms. The van der Waals surface area contributed by atoms with Gasteiger partial charge in [0, 0.05) is 28.7 Å². The minimum atomic E-state index is 0.455. The highest BCUT2D eigenvalue weighted by molar-refractivity contribution is 6.35. The zero-order chi connectivity index (χ0) is 13.9. The van der Waals surface area contributed by atoms with Crippen LogP contribution in [0, 0.1) is 0 Å². The third-order valence-electron chi connectivity index (χ3n) is 3.17. The Labute approximate surface area is 122 Å². The van der Waals surface area contributed by atoms with Crippen molar-refractivity contribution < 1.29 is 9.47 Å². The maximum atomic E-state index is 6.24. The lowest BCUT2D eigenvalue weighted by molar-refractivity contribution is 0.305. The van der Waals surface area contributed by atoms with Crippen LogP contribution in [0.5, 0.6) is 11.5 Å². The van der Waals surface area contributed by atoms with E-state index in [2.05, 4.69) is 4.98 Å². The van der Waals surface area contributed by atoms with Crippen molar-refractivity contribution in [1.82, 2.24) is 4.98 Å². The van der Waals surface area contributed by atoms with E-state index < -0.39 is 0 Å². The molecule has 3 aromatic rings. The highest BCUT2D eigenvalue weighted by Crippen LogP contribution is 2.28. The fourth-order valence-corrected chi connectivity index (χ4v) is 2.47. The lowest BCUT2D eigenvalue weighted by Gasteiger charge is -2.07. The third-order valence-corrected chi connectivity index (χ3v) is 3.49. The van der Waals surface area contributed by atoms with Crippen molar-refractivity contribution in [2.24, 2.45) is 0 Å². The Morgan fingerprint density at radius 3 is 2.75 bits per heavy atom. The van der Waals surface area contributed by atoms with Crippen LogP contribution < -0.4 is 9.47 Å². The monoisotopic (exact) mass is 287 g/mol. The van der Waals surface area contributed by atoms with E-state index in [0.717, 1.165) is 33.0 Å². The molecular formula is C16H14ClNO2. The summed E-state index contributed by atoms with van der Waals surface area (Å²) in [5.74, 6) is 1.55. The summed E-state index contributed by atoms with van der Waals surface area (Å²) in [6, 6.07) is 13.3. The summed E-state index contributed by atoms with van der Waals surface area (Å²) in [5.41, 5.74) is 2.05. The number of hydrogen-bond acceptors (Lipinski definition) is 2. The van der Waals surface area contributed by atoms with Gasteiger partial charge in [0.2, 0.25) is 0 Å². The molecule has 0 bridgehead atoms. The molecule has 0 aliphatic heterocycles. The molecule has 0 radical (unpaired) electrons. The Bertz CT molecular complexity index is 736. The zero-order valence-electron chi connectivity index (χ0n) is 11.0. The van der Waals surface area contributed by atoms with Crippen LogP contribution >= 0.6 is 11.6 Å². The average molecular weight is 288 g/mol. The number of ether oxygens (including phenoxy) is 2. The van der Waals surface area contributed by atoms with Gasteiger partial charge in [-0.2, -0.15) is 0 Å². The minimum absolute atomic E-state index is 0.455. The average Bonchev–Trinajstić information content (AvgIpc) is 2.90. The fourth-order valence-electron chi connectivity index (χ4n) is 2.17. The van der Waals surface area contributed by atoms with E-state index in [1.807, 2.05) is 48.7 Å². The number of rotatable bonds is 4. The molecule has 1 aromatic heterocycles. The molecule has 1 heterocycles. The second-order valence-corrected chi connectivity index (χ2v) is 4.85. The van der Waals surface area contributed by atoms with Gasteiger partial charge in [-0.05, 0) is 24.3 Å². The van der Waals surface area contributed by atoms with Gasteiger partial charge in [-0.15, -0.1) is 0 Å². The summed E-state index contributed by atoms with van der Waals surface area (Å²) < 4.78 is 11.0. The molecule has 3 rings (SSSR count). The van der Waals surface area contributed by atoms with Gasteiger partial charge < -0.3 is 14.5 Å². The molecule has 102 valence electrons.